The number of nitrogens with one attached hydrogen (secondary N) is 1. The first kappa shape index (κ1) is 26.4. The first-order valence-corrected chi connectivity index (χ1v) is 14.4. The fourth-order valence-corrected chi connectivity index (χ4v) is 5.86. The minimum absolute atomic E-state index is 0.0256. The minimum atomic E-state index is 0.0256. The zero-order chi connectivity index (χ0) is 25.3. The van der Waals surface area contributed by atoms with E-state index in [2.05, 4.69) is 34.3 Å². The van der Waals surface area contributed by atoms with Gasteiger partial charge in [0.1, 0.15) is 16.7 Å². The number of thioether (sulfide) groups is 1. The Kier molecular flexibility index (Phi) is 9.56. The van der Waals surface area contributed by atoms with Crippen LogP contribution in [0.25, 0.3) is 10.9 Å². The summed E-state index contributed by atoms with van der Waals surface area (Å²) in [6.07, 6.45) is 11.8. The Hall–Kier alpha value is -2.67. The Morgan fingerprint density at radius 2 is 1.86 bits per heavy atom. The standard InChI is InChI=1S/C29H39N5OS/c1-4-20-36-29-24(12-9-19-30-29)28(35)31-22-17-15-21(16-18-22)10-5-8-14-26-32-25-13-7-6-11-23(25)27(33-26)34(2)3/h6-7,9,11-13,19,21-22H,4-5,8,10,14-18,20H2,1-3H3,(H,31,35). The predicted molar refractivity (Wildman–Crippen MR) is 150 cm³/mol. The third kappa shape index (κ3) is 6.96. The van der Waals surface area contributed by atoms with E-state index < -0.39 is 0 Å². The van der Waals surface area contributed by atoms with Gasteiger partial charge in [-0.1, -0.05) is 31.9 Å². The molecular weight excluding hydrogens is 466 g/mol. The fraction of sp³-hybridized carbons (Fsp3) is 0.517. The zero-order valence-electron chi connectivity index (χ0n) is 21.9. The van der Waals surface area contributed by atoms with Gasteiger partial charge >= 0.3 is 0 Å². The number of aryl methyl sites for hydroxylation is 1. The fourth-order valence-electron chi connectivity index (χ4n) is 5.01. The molecule has 2 heterocycles. The number of hydrogen-bond donors (Lipinski definition) is 1. The third-order valence-corrected chi connectivity index (χ3v) is 8.17. The van der Waals surface area contributed by atoms with Gasteiger partial charge in [-0.15, -0.1) is 11.8 Å². The Morgan fingerprint density at radius 3 is 2.64 bits per heavy atom. The molecule has 1 amide bonds. The lowest BCUT2D eigenvalue weighted by molar-refractivity contribution is 0.0917. The second kappa shape index (κ2) is 13.0. The Balaban J connectivity index is 1.21. The lowest BCUT2D eigenvalue weighted by Gasteiger charge is -2.29. The lowest BCUT2D eigenvalue weighted by Crippen LogP contribution is -2.38. The van der Waals surface area contributed by atoms with E-state index in [-0.39, 0.29) is 11.9 Å². The summed E-state index contributed by atoms with van der Waals surface area (Å²) < 4.78 is 0. The smallest absolute Gasteiger partial charge is 0.254 e. The second-order valence-electron chi connectivity index (χ2n) is 10.0. The van der Waals surface area contributed by atoms with Crippen LogP contribution in [-0.2, 0) is 6.42 Å². The van der Waals surface area contributed by atoms with Gasteiger partial charge in [-0.3, -0.25) is 4.79 Å². The lowest BCUT2D eigenvalue weighted by atomic mass is 9.83. The van der Waals surface area contributed by atoms with Crippen molar-refractivity contribution in [3.63, 3.8) is 0 Å². The van der Waals surface area contributed by atoms with Crippen LogP contribution in [-0.4, -0.2) is 46.7 Å². The Labute approximate surface area is 219 Å². The topological polar surface area (TPSA) is 71.0 Å². The molecule has 7 heteroatoms. The summed E-state index contributed by atoms with van der Waals surface area (Å²) in [6, 6.07) is 12.3. The Morgan fingerprint density at radius 1 is 1.06 bits per heavy atom. The van der Waals surface area contributed by atoms with E-state index in [0.717, 1.165) is 71.3 Å². The van der Waals surface area contributed by atoms with Crippen LogP contribution in [0.1, 0.15) is 74.5 Å². The molecule has 3 aromatic rings. The molecule has 4 rings (SSSR count). The number of hydrogen-bond acceptors (Lipinski definition) is 6. The molecule has 1 aliphatic carbocycles. The summed E-state index contributed by atoms with van der Waals surface area (Å²) in [4.78, 5) is 29.0. The van der Waals surface area contributed by atoms with Gasteiger partial charge in [0.2, 0.25) is 0 Å². The highest BCUT2D eigenvalue weighted by atomic mass is 32.2. The second-order valence-corrected chi connectivity index (χ2v) is 11.1. The number of para-hydroxylation sites is 1. The molecule has 1 aliphatic rings. The zero-order valence-corrected chi connectivity index (χ0v) is 22.7. The van der Waals surface area contributed by atoms with E-state index in [1.807, 2.05) is 38.4 Å². The van der Waals surface area contributed by atoms with Gasteiger partial charge in [-0.2, -0.15) is 0 Å². The molecule has 0 saturated heterocycles. The van der Waals surface area contributed by atoms with Crippen molar-refractivity contribution in [1.82, 2.24) is 20.3 Å². The normalized spacial score (nSPS) is 17.8. The van der Waals surface area contributed by atoms with Crippen molar-refractivity contribution in [1.29, 1.82) is 0 Å². The van der Waals surface area contributed by atoms with E-state index in [1.54, 1.807) is 18.0 Å². The largest absolute Gasteiger partial charge is 0.362 e. The average molecular weight is 506 g/mol. The maximum atomic E-state index is 12.9. The number of amides is 1. The highest BCUT2D eigenvalue weighted by molar-refractivity contribution is 7.99. The molecule has 0 radical (unpaired) electrons. The van der Waals surface area contributed by atoms with Gasteiger partial charge in [0.25, 0.3) is 5.91 Å². The maximum Gasteiger partial charge on any atom is 0.254 e. The number of carbonyl (C=O) groups is 1. The van der Waals surface area contributed by atoms with Crippen molar-refractivity contribution >= 4 is 34.4 Å². The molecule has 0 bridgehead atoms. The van der Waals surface area contributed by atoms with Gasteiger partial charge in [0.05, 0.1) is 11.1 Å². The van der Waals surface area contributed by atoms with Crippen LogP contribution in [0.4, 0.5) is 5.82 Å². The number of anilines is 1. The number of carbonyl (C=O) groups excluding carboxylic acids is 1. The van der Waals surface area contributed by atoms with E-state index in [0.29, 0.717) is 5.56 Å². The summed E-state index contributed by atoms with van der Waals surface area (Å²) in [5, 5.41) is 5.23. The summed E-state index contributed by atoms with van der Waals surface area (Å²) in [5.74, 6) is 3.69. The van der Waals surface area contributed by atoms with Gasteiger partial charge in [0.15, 0.2) is 0 Å². The molecule has 192 valence electrons. The molecule has 0 atom stereocenters. The highest BCUT2D eigenvalue weighted by Crippen LogP contribution is 2.29. The van der Waals surface area contributed by atoms with E-state index >= 15 is 0 Å². The molecule has 1 saturated carbocycles. The van der Waals surface area contributed by atoms with Crippen molar-refractivity contribution in [3.05, 3.63) is 54.0 Å². The maximum absolute atomic E-state index is 12.9. The summed E-state index contributed by atoms with van der Waals surface area (Å²) in [6.45, 7) is 2.15. The summed E-state index contributed by atoms with van der Waals surface area (Å²) in [7, 11) is 4.08. The van der Waals surface area contributed by atoms with Crippen LogP contribution in [0, 0.1) is 5.92 Å². The molecular formula is C29H39N5OS. The Bertz CT molecular complexity index is 1140. The van der Waals surface area contributed by atoms with Crippen LogP contribution in [0.5, 0.6) is 0 Å². The van der Waals surface area contributed by atoms with Crippen LogP contribution < -0.4 is 10.2 Å². The number of rotatable bonds is 11. The predicted octanol–water partition coefficient (Wildman–Crippen LogP) is 6.29. The van der Waals surface area contributed by atoms with Gasteiger partial charge in [-0.25, -0.2) is 15.0 Å². The van der Waals surface area contributed by atoms with Crippen molar-refractivity contribution in [2.75, 3.05) is 24.7 Å². The quantitative estimate of drug-likeness (QED) is 0.244. The van der Waals surface area contributed by atoms with Crippen molar-refractivity contribution in [3.8, 4) is 0 Å². The first-order chi connectivity index (χ1) is 17.5. The third-order valence-electron chi connectivity index (χ3n) is 6.96. The monoisotopic (exact) mass is 505 g/mol. The summed E-state index contributed by atoms with van der Waals surface area (Å²) >= 11 is 1.67. The number of unbranched alkanes of at least 4 members (excludes halogenated alkanes) is 1. The van der Waals surface area contributed by atoms with Crippen molar-refractivity contribution < 1.29 is 4.79 Å². The molecule has 1 fully saturated rings. The van der Waals surface area contributed by atoms with Crippen LogP contribution >= 0.6 is 11.8 Å². The van der Waals surface area contributed by atoms with E-state index in [9.17, 15) is 4.79 Å². The minimum Gasteiger partial charge on any atom is -0.362 e. The molecule has 1 N–H and O–H groups in total. The van der Waals surface area contributed by atoms with Gasteiger partial charge < -0.3 is 10.2 Å². The van der Waals surface area contributed by atoms with Crippen molar-refractivity contribution in [2.45, 2.75) is 75.8 Å². The van der Waals surface area contributed by atoms with E-state index in [1.165, 1.54) is 25.7 Å². The number of benzene rings is 1. The molecule has 1 aromatic carbocycles. The number of aromatic nitrogens is 3. The average Bonchev–Trinajstić information content (AvgIpc) is 2.90. The van der Waals surface area contributed by atoms with E-state index in [4.69, 9.17) is 9.97 Å². The number of fused-ring (bicyclic) bond motifs is 1. The molecule has 0 unspecified atom stereocenters. The number of nitrogens with zero attached hydrogens (tertiary/aromatic N) is 4. The molecule has 0 spiro atoms. The van der Waals surface area contributed by atoms with Gasteiger partial charge in [0, 0.05) is 38.1 Å². The highest BCUT2D eigenvalue weighted by Gasteiger charge is 2.23. The van der Waals surface area contributed by atoms with Crippen LogP contribution in [0.2, 0.25) is 0 Å². The SMILES string of the molecule is CCCSc1ncccc1C(=O)NC1CCC(CCCCc2nc(N(C)C)c3ccccc3n2)CC1. The molecule has 36 heavy (non-hydrogen) atoms. The molecule has 6 nitrogen and oxygen atoms in total. The van der Waals surface area contributed by atoms with Gasteiger partial charge in [-0.05, 0) is 74.5 Å². The first-order valence-electron chi connectivity index (χ1n) is 13.4. The summed E-state index contributed by atoms with van der Waals surface area (Å²) in [5.41, 5.74) is 1.74. The van der Waals surface area contributed by atoms with Crippen LogP contribution in [0.3, 0.4) is 0 Å². The molecule has 2 aromatic heterocycles. The number of pyridine rings is 1. The van der Waals surface area contributed by atoms with Crippen molar-refractivity contribution in [2.24, 2.45) is 5.92 Å². The van der Waals surface area contributed by atoms with Crippen LogP contribution in [0.15, 0.2) is 47.6 Å². The molecule has 0 aliphatic heterocycles.